The van der Waals surface area contributed by atoms with E-state index in [-0.39, 0.29) is 11.7 Å². The van der Waals surface area contributed by atoms with Crippen LogP contribution in [0, 0.1) is 17.2 Å². The SMILES string of the molecule is CCC1CCc2c(sc(NC(=O)CSc3nnc(-c4cc(Cl)ccc4OC)n3C)c2C#N)C1. The predicted molar refractivity (Wildman–Crippen MR) is 132 cm³/mol. The lowest BCUT2D eigenvalue weighted by Gasteiger charge is -2.20. The van der Waals surface area contributed by atoms with Crippen LogP contribution in [0.15, 0.2) is 23.4 Å². The second kappa shape index (κ2) is 10.2. The van der Waals surface area contributed by atoms with Gasteiger partial charge in [-0.1, -0.05) is 36.7 Å². The van der Waals surface area contributed by atoms with Crippen molar-refractivity contribution in [2.24, 2.45) is 13.0 Å². The van der Waals surface area contributed by atoms with E-state index in [2.05, 4.69) is 28.5 Å². The molecular formula is C23H24ClN5O2S2. The quantitative estimate of drug-likeness (QED) is 0.440. The summed E-state index contributed by atoms with van der Waals surface area (Å²) in [5.74, 6) is 1.88. The van der Waals surface area contributed by atoms with Crippen LogP contribution in [0.3, 0.4) is 0 Å². The lowest BCUT2D eigenvalue weighted by Crippen LogP contribution is -2.14. The normalized spacial score (nSPS) is 15.1. The van der Waals surface area contributed by atoms with Gasteiger partial charge in [-0.25, -0.2) is 0 Å². The maximum absolute atomic E-state index is 12.7. The standard InChI is InChI=1S/C23H24ClN5O2S2/c1-4-13-5-7-15-17(11-25)22(33-19(15)9-13)26-20(30)12-32-23-28-27-21(29(23)2)16-10-14(24)6-8-18(16)31-3/h6,8,10,13H,4-5,7,9,12H2,1-3H3,(H,26,30). The number of nitriles is 1. The fourth-order valence-electron chi connectivity index (χ4n) is 4.03. The molecule has 0 fully saturated rings. The van der Waals surface area contributed by atoms with Crippen molar-refractivity contribution in [1.29, 1.82) is 5.26 Å². The van der Waals surface area contributed by atoms with E-state index in [0.717, 1.165) is 36.8 Å². The Morgan fingerprint density at radius 1 is 1.45 bits per heavy atom. The van der Waals surface area contributed by atoms with E-state index >= 15 is 0 Å². The maximum Gasteiger partial charge on any atom is 0.235 e. The molecule has 33 heavy (non-hydrogen) atoms. The summed E-state index contributed by atoms with van der Waals surface area (Å²) < 4.78 is 7.22. The van der Waals surface area contributed by atoms with Crippen LogP contribution in [0.1, 0.15) is 35.8 Å². The maximum atomic E-state index is 12.7. The van der Waals surface area contributed by atoms with Gasteiger partial charge in [-0.05, 0) is 48.9 Å². The number of benzene rings is 1. The number of halogens is 1. The predicted octanol–water partition coefficient (Wildman–Crippen LogP) is 5.32. The third kappa shape index (κ3) is 4.88. The Morgan fingerprint density at radius 2 is 2.27 bits per heavy atom. The van der Waals surface area contributed by atoms with Crippen molar-refractivity contribution in [3.8, 4) is 23.2 Å². The van der Waals surface area contributed by atoms with Gasteiger partial charge in [-0.2, -0.15) is 5.26 Å². The molecule has 10 heteroatoms. The first-order valence-electron chi connectivity index (χ1n) is 10.7. The zero-order chi connectivity index (χ0) is 23.5. The van der Waals surface area contributed by atoms with Crippen molar-refractivity contribution in [3.63, 3.8) is 0 Å². The molecular weight excluding hydrogens is 478 g/mol. The number of amides is 1. The molecule has 1 aliphatic rings. The smallest absolute Gasteiger partial charge is 0.235 e. The molecule has 4 rings (SSSR count). The molecule has 2 aromatic heterocycles. The minimum absolute atomic E-state index is 0.156. The summed E-state index contributed by atoms with van der Waals surface area (Å²) in [4.78, 5) is 13.9. The minimum atomic E-state index is -0.174. The number of methoxy groups -OCH3 is 1. The van der Waals surface area contributed by atoms with Crippen LogP contribution in [0.2, 0.25) is 5.02 Å². The Labute approximate surface area is 206 Å². The summed E-state index contributed by atoms with van der Waals surface area (Å²) in [6, 6.07) is 7.61. The topological polar surface area (TPSA) is 92.8 Å². The second-order valence-electron chi connectivity index (χ2n) is 7.88. The van der Waals surface area contributed by atoms with Crippen molar-refractivity contribution in [3.05, 3.63) is 39.2 Å². The summed E-state index contributed by atoms with van der Waals surface area (Å²) in [6.45, 7) is 2.20. The summed E-state index contributed by atoms with van der Waals surface area (Å²) in [7, 11) is 3.42. The Balaban J connectivity index is 1.45. The molecule has 0 aliphatic heterocycles. The van der Waals surface area contributed by atoms with E-state index in [0.29, 0.717) is 38.2 Å². The number of thiophene rings is 1. The zero-order valence-corrected chi connectivity index (χ0v) is 21.0. The molecule has 0 spiro atoms. The van der Waals surface area contributed by atoms with Crippen LogP contribution in [-0.2, 0) is 24.7 Å². The van der Waals surface area contributed by atoms with Gasteiger partial charge in [0.15, 0.2) is 11.0 Å². The van der Waals surface area contributed by atoms with Gasteiger partial charge in [0.1, 0.15) is 16.8 Å². The number of thioether (sulfide) groups is 1. The second-order valence-corrected chi connectivity index (χ2v) is 10.4. The van der Waals surface area contributed by atoms with Gasteiger partial charge in [0.25, 0.3) is 0 Å². The number of nitrogens with one attached hydrogen (secondary N) is 1. The Kier molecular flexibility index (Phi) is 7.27. The fourth-order valence-corrected chi connectivity index (χ4v) is 6.24. The lowest BCUT2D eigenvalue weighted by atomic mass is 9.86. The molecule has 3 aromatic rings. The van der Waals surface area contributed by atoms with Crippen LogP contribution in [0.25, 0.3) is 11.4 Å². The molecule has 0 radical (unpaired) electrons. The first-order chi connectivity index (χ1) is 15.9. The number of hydrogen-bond acceptors (Lipinski definition) is 7. The third-order valence-electron chi connectivity index (χ3n) is 5.88. The molecule has 1 N–H and O–H groups in total. The van der Waals surface area contributed by atoms with Crippen LogP contribution < -0.4 is 10.1 Å². The number of ether oxygens (including phenoxy) is 1. The first-order valence-corrected chi connectivity index (χ1v) is 12.8. The molecule has 2 heterocycles. The van der Waals surface area contributed by atoms with Gasteiger partial charge in [0.05, 0.1) is 24.0 Å². The van der Waals surface area contributed by atoms with Gasteiger partial charge in [0, 0.05) is 16.9 Å². The highest BCUT2D eigenvalue weighted by Gasteiger charge is 2.26. The minimum Gasteiger partial charge on any atom is -0.496 e. The number of carbonyl (C=O) groups is 1. The molecule has 0 saturated carbocycles. The van der Waals surface area contributed by atoms with E-state index in [1.165, 1.54) is 16.6 Å². The van der Waals surface area contributed by atoms with Crippen molar-refractivity contribution in [2.45, 2.75) is 37.8 Å². The number of fused-ring (bicyclic) bond motifs is 1. The lowest BCUT2D eigenvalue weighted by molar-refractivity contribution is -0.113. The molecule has 1 amide bonds. The molecule has 1 aliphatic carbocycles. The van der Waals surface area contributed by atoms with E-state index in [4.69, 9.17) is 16.3 Å². The molecule has 0 saturated heterocycles. The number of anilines is 1. The number of hydrogen-bond donors (Lipinski definition) is 1. The molecule has 1 aromatic carbocycles. The summed E-state index contributed by atoms with van der Waals surface area (Å²) >= 11 is 8.98. The zero-order valence-electron chi connectivity index (χ0n) is 18.6. The highest BCUT2D eigenvalue weighted by Crippen LogP contribution is 2.40. The Bertz CT molecular complexity index is 1230. The van der Waals surface area contributed by atoms with Gasteiger partial charge in [-0.15, -0.1) is 21.5 Å². The van der Waals surface area contributed by atoms with E-state index in [9.17, 15) is 10.1 Å². The number of nitrogens with zero attached hydrogens (tertiary/aromatic N) is 4. The van der Waals surface area contributed by atoms with Gasteiger partial charge in [0.2, 0.25) is 5.91 Å². The molecule has 172 valence electrons. The van der Waals surface area contributed by atoms with E-state index in [1.54, 1.807) is 36.6 Å². The van der Waals surface area contributed by atoms with Gasteiger partial charge in [-0.3, -0.25) is 4.79 Å². The van der Waals surface area contributed by atoms with Crippen LogP contribution in [0.5, 0.6) is 5.75 Å². The van der Waals surface area contributed by atoms with Gasteiger partial charge >= 0.3 is 0 Å². The molecule has 1 atom stereocenters. The first kappa shape index (κ1) is 23.6. The number of rotatable bonds is 7. The Hall–Kier alpha value is -2.54. The van der Waals surface area contributed by atoms with E-state index in [1.807, 2.05) is 11.6 Å². The number of carbonyl (C=O) groups excluding carboxylic acids is 1. The molecule has 7 nitrogen and oxygen atoms in total. The Morgan fingerprint density at radius 3 is 3.00 bits per heavy atom. The fraction of sp³-hybridized carbons (Fsp3) is 0.391. The van der Waals surface area contributed by atoms with Crippen LogP contribution >= 0.6 is 34.7 Å². The highest BCUT2D eigenvalue weighted by molar-refractivity contribution is 7.99. The van der Waals surface area contributed by atoms with Gasteiger partial charge < -0.3 is 14.6 Å². The summed E-state index contributed by atoms with van der Waals surface area (Å²) in [5.41, 5.74) is 2.46. The van der Waals surface area contributed by atoms with E-state index < -0.39 is 0 Å². The molecule has 0 bridgehead atoms. The third-order valence-corrected chi connectivity index (χ3v) is 8.30. The van der Waals surface area contributed by atoms with Crippen molar-refractivity contribution in [1.82, 2.24) is 14.8 Å². The largest absolute Gasteiger partial charge is 0.496 e. The average Bonchev–Trinajstić information content (AvgIpc) is 3.35. The summed E-state index contributed by atoms with van der Waals surface area (Å²) in [5, 5.41) is 22.9. The van der Waals surface area contributed by atoms with Crippen LogP contribution in [0.4, 0.5) is 5.00 Å². The number of aromatic nitrogens is 3. The summed E-state index contributed by atoms with van der Waals surface area (Å²) in [6.07, 6.45) is 4.14. The van der Waals surface area contributed by atoms with Crippen molar-refractivity contribution in [2.75, 3.05) is 18.2 Å². The molecule has 1 unspecified atom stereocenters. The van der Waals surface area contributed by atoms with Crippen LogP contribution in [-0.4, -0.2) is 33.5 Å². The average molecular weight is 502 g/mol. The monoisotopic (exact) mass is 501 g/mol. The van der Waals surface area contributed by atoms with Crippen molar-refractivity contribution >= 4 is 45.6 Å². The highest BCUT2D eigenvalue weighted by atomic mass is 35.5. The van der Waals surface area contributed by atoms with Crippen molar-refractivity contribution < 1.29 is 9.53 Å².